The number of halogens is 3. The third-order valence-electron chi connectivity index (χ3n) is 0.501. The van der Waals surface area contributed by atoms with Crippen LogP contribution in [0.4, 0.5) is 4.39 Å². The fourth-order valence-electron chi connectivity index (χ4n) is 0.0630. The molecule has 0 aliphatic rings. The molecule has 5 heteroatoms. The Morgan fingerprint density at radius 3 is 1.75 bits per heavy atom. The lowest BCUT2D eigenvalue weighted by Crippen LogP contribution is -2.31. The maximum absolute atomic E-state index is 11.2. The average molecular weight is 165 g/mol. The predicted octanol–water partition coefficient (Wildman–Crippen LogP) is 0.0855. The Balaban J connectivity index is -0.000000125. The minimum atomic E-state index is -0.517. The SMILES string of the molecule is Cl.Cl.NC[C@@H](N)CF. The van der Waals surface area contributed by atoms with E-state index in [0.29, 0.717) is 0 Å². The van der Waals surface area contributed by atoms with Crippen LogP contribution >= 0.6 is 24.8 Å². The second-order valence-corrected chi connectivity index (χ2v) is 1.15. The first kappa shape index (κ1) is 15.8. The van der Waals surface area contributed by atoms with Crippen molar-refractivity contribution in [2.75, 3.05) is 13.2 Å². The van der Waals surface area contributed by atoms with Crippen LogP contribution in [0.15, 0.2) is 0 Å². The Labute approximate surface area is 60.6 Å². The van der Waals surface area contributed by atoms with Gasteiger partial charge in [-0.3, -0.25) is 0 Å². The Morgan fingerprint density at radius 2 is 1.75 bits per heavy atom. The monoisotopic (exact) mass is 164 g/mol. The minimum absolute atomic E-state index is 0. The van der Waals surface area contributed by atoms with E-state index < -0.39 is 12.7 Å². The summed E-state index contributed by atoms with van der Waals surface area (Å²) in [6, 6.07) is -0.454. The largest absolute Gasteiger partial charge is 0.329 e. The summed E-state index contributed by atoms with van der Waals surface area (Å²) in [5, 5.41) is 0. The number of nitrogens with two attached hydrogens (primary N) is 2. The normalized spacial score (nSPS) is 10.9. The van der Waals surface area contributed by atoms with Gasteiger partial charge in [-0.25, -0.2) is 4.39 Å². The fraction of sp³-hybridized carbons (Fsp3) is 1.00. The third-order valence-corrected chi connectivity index (χ3v) is 0.501. The van der Waals surface area contributed by atoms with E-state index >= 15 is 0 Å². The van der Waals surface area contributed by atoms with Gasteiger partial charge in [-0.15, -0.1) is 24.8 Å². The van der Waals surface area contributed by atoms with Crippen LogP contribution in [0.3, 0.4) is 0 Å². The molecule has 0 spiro atoms. The Bertz CT molecular complexity index is 34.5. The van der Waals surface area contributed by atoms with Crippen LogP contribution in [0.25, 0.3) is 0 Å². The van der Waals surface area contributed by atoms with E-state index in [0.717, 1.165) is 0 Å². The zero-order chi connectivity index (χ0) is 4.99. The van der Waals surface area contributed by atoms with Crippen molar-refractivity contribution in [3.8, 4) is 0 Å². The Morgan fingerprint density at radius 1 is 1.38 bits per heavy atom. The molecule has 0 aromatic carbocycles. The Hall–Kier alpha value is 0.430. The van der Waals surface area contributed by atoms with Crippen LogP contribution in [0.2, 0.25) is 0 Å². The van der Waals surface area contributed by atoms with Crippen molar-refractivity contribution >= 4 is 24.8 Å². The minimum Gasteiger partial charge on any atom is -0.329 e. The molecule has 0 rings (SSSR count). The van der Waals surface area contributed by atoms with Crippen LogP contribution in [-0.2, 0) is 0 Å². The molecule has 0 heterocycles. The number of hydrogen-bond donors (Lipinski definition) is 2. The number of rotatable bonds is 2. The highest BCUT2D eigenvalue weighted by atomic mass is 35.5. The quantitative estimate of drug-likeness (QED) is 0.608. The Kier molecular flexibility index (Phi) is 20.6. The van der Waals surface area contributed by atoms with Gasteiger partial charge in [-0.2, -0.15) is 0 Å². The summed E-state index contributed by atoms with van der Waals surface area (Å²) in [5.74, 6) is 0. The van der Waals surface area contributed by atoms with Crippen molar-refractivity contribution in [1.29, 1.82) is 0 Å². The van der Waals surface area contributed by atoms with Crippen molar-refractivity contribution in [3.63, 3.8) is 0 Å². The van der Waals surface area contributed by atoms with Gasteiger partial charge in [0.25, 0.3) is 0 Å². The fourth-order valence-corrected chi connectivity index (χ4v) is 0.0630. The first-order valence-corrected chi connectivity index (χ1v) is 1.83. The van der Waals surface area contributed by atoms with Crippen molar-refractivity contribution in [1.82, 2.24) is 0 Å². The first-order chi connectivity index (χ1) is 2.81. The number of hydrogen-bond acceptors (Lipinski definition) is 2. The van der Waals surface area contributed by atoms with E-state index in [9.17, 15) is 4.39 Å². The molecule has 8 heavy (non-hydrogen) atoms. The van der Waals surface area contributed by atoms with Gasteiger partial charge in [-0.1, -0.05) is 0 Å². The van der Waals surface area contributed by atoms with Crippen molar-refractivity contribution in [2.24, 2.45) is 11.5 Å². The summed E-state index contributed by atoms with van der Waals surface area (Å²) in [7, 11) is 0. The average Bonchev–Trinajstić information content (AvgIpc) is 1.65. The summed E-state index contributed by atoms with van der Waals surface area (Å²) >= 11 is 0. The van der Waals surface area contributed by atoms with Crippen molar-refractivity contribution in [2.45, 2.75) is 6.04 Å². The molecule has 0 bridgehead atoms. The lowest BCUT2D eigenvalue weighted by atomic mass is 10.4. The molecule has 0 aromatic rings. The molecule has 4 N–H and O–H groups in total. The molecule has 2 nitrogen and oxygen atoms in total. The topological polar surface area (TPSA) is 52.0 Å². The van der Waals surface area contributed by atoms with Gasteiger partial charge < -0.3 is 11.5 Å². The lowest BCUT2D eigenvalue weighted by Gasteiger charge is -1.97. The summed E-state index contributed by atoms with van der Waals surface area (Å²) in [4.78, 5) is 0. The van der Waals surface area contributed by atoms with Crippen molar-refractivity contribution < 1.29 is 4.39 Å². The second-order valence-electron chi connectivity index (χ2n) is 1.15. The molecule has 0 amide bonds. The molecular formula is C3H11Cl2FN2. The van der Waals surface area contributed by atoms with Gasteiger partial charge in [0.1, 0.15) is 6.67 Å². The highest BCUT2D eigenvalue weighted by Gasteiger charge is 1.92. The van der Waals surface area contributed by atoms with E-state index in [1.165, 1.54) is 0 Å². The van der Waals surface area contributed by atoms with Gasteiger partial charge >= 0.3 is 0 Å². The van der Waals surface area contributed by atoms with E-state index in [1.54, 1.807) is 0 Å². The predicted molar refractivity (Wildman–Crippen MR) is 37.5 cm³/mol. The molecule has 0 saturated carbocycles. The number of alkyl halides is 1. The van der Waals surface area contributed by atoms with E-state index in [2.05, 4.69) is 0 Å². The van der Waals surface area contributed by atoms with E-state index in [1.807, 2.05) is 0 Å². The van der Waals surface area contributed by atoms with Crippen molar-refractivity contribution in [3.05, 3.63) is 0 Å². The maximum atomic E-state index is 11.2. The van der Waals surface area contributed by atoms with Gasteiger partial charge in [-0.05, 0) is 0 Å². The molecule has 54 valence electrons. The summed E-state index contributed by atoms with van der Waals surface area (Å²) in [6.07, 6.45) is 0. The summed E-state index contributed by atoms with van der Waals surface area (Å²) in [6.45, 7) is -0.285. The molecule has 0 radical (unpaired) electrons. The first-order valence-electron chi connectivity index (χ1n) is 1.83. The van der Waals surface area contributed by atoms with Gasteiger partial charge in [0.05, 0.1) is 0 Å². The molecule has 0 aliphatic heterocycles. The lowest BCUT2D eigenvalue weighted by molar-refractivity contribution is 0.433. The van der Waals surface area contributed by atoms with Crippen LogP contribution < -0.4 is 11.5 Å². The van der Waals surface area contributed by atoms with Crippen LogP contribution in [0, 0.1) is 0 Å². The molecule has 0 aromatic heterocycles. The zero-order valence-corrected chi connectivity index (χ0v) is 5.97. The highest BCUT2D eigenvalue weighted by Crippen LogP contribution is 1.70. The molecule has 0 unspecified atom stereocenters. The van der Waals surface area contributed by atoms with Crippen LogP contribution in [-0.4, -0.2) is 19.3 Å². The standard InChI is InChI=1S/C3H9FN2.2ClH/c4-1-3(6)2-5;;/h3H,1-2,5-6H2;2*1H/t3-;;/m0../s1. The van der Waals surface area contributed by atoms with Gasteiger partial charge in [0.2, 0.25) is 0 Å². The molecular weight excluding hydrogens is 154 g/mol. The zero-order valence-electron chi connectivity index (χ0n) is 4.34. The van der Waals surface area contributed by atoms with Gasteiger partial charge in [0, 0.05) is 12.6 Å². The smallest absolute Gasteiger partial charge is 0.106 e. The molecule has 0 fully saturated rings. The highest BCUT2D eigenvalue weighted by molar-refractivity contribution is 5.85. The molecule has 0 aliphatic carbocycles. The van der Waals surface area contributed by atoms with Crippen LogP contribution in [0.1, 0.15) is 0 Å². The molecule has 0 saturated heterocycles. The molecule has 1 atom stereocenters. The van der Waals surface area contributed by atoms with Gasteiger partial charge in [0.15, 0.2) is 0 Å². The summed E-state index contributed by atoms with van der Waals surface area (Å²) in [5.41, 5.74) is 9.89. The van der Waals surface area contributed by atoms with Crippen LogP contribution in [0.5, 0.6) is 0 Å². The maximum Gasteiger partial charge on any atom is 0.106 e. The van der Waals surface area contributed by atoms with E-state index in [-0.39, 0.29) is 31.4 Å². The van der Waals surface area contributed by atoms with E-state index in [4.69, 9.17) is 11.5 Å². The second kappa shape index (κ2) is 10.4. The third kappa shape index (κ3) is 9.66. The summed E-state index contributed by atoms with van der Waals surface area (Å²) < 4.78 is 11.2.